The number of aromatic nitrogens is 3. The van der Waals surface area contributed by atoms with Crippen LogP contribution in [0.1, 0.15) is 22.8 Å². The topological polar surface area (TPSA) is 96.8 Å². The quantitative estimate of drug-likeness (QED) is 0.576. The van der Waals surface area contributed by atoms with Gasteiger partial charge in [0.25, 0.3) is 0 Å². The van der Waals surface area contributed by atoms with Gasteiger partial charge in [-0.3, -0.25) is 14.2 Å². The fraction of sp³-hybridized carbons (Fsp3) is 0.333. The van der Waals surface area contributed by atoms with E-state index < -0.39 is 0 Å². The van der Waals surface area contributed by atoms with E-state index >= 15 is 0 Å². The molecule has 0 spiro atoms. The molecule has 0 atom stereocenters. The molecule has 0 aliphatic rings. The van der Waals surface area contributed by atoms with E-state index in [1.165, 1.54) is 23.3 Å². The molecule has 2 rings (SSSR count). The Morgan fingerprint density at radius 3 is 2.57 bits per heavy atom. The molecule has 8 heteroatoms. The van der Waals surface area contributed by atoms with Crippen LogP contribution in [0.5, 0.6) is 0 Å². The monoisotopic (exact) mass is 334 g/mol. The Bertz CT molecular complexity index is 749. The molecule has 0 saturated carbocycles. The van der Waals surface area contributed by atoms with E-state index in [2.05, 4.69) is 15.5 Å². The summed E-state index contributed by atoms with van der Waals surface area (Å²) < 4.78 is 1.36. The van der Waals surface area contributed by atoms with Crippen molar-refractivity contribution in [3.05, 3.63) is 45.9 Å². The number of Topliss-reactive ketones (excluding diaryl/α,β-unsaturated/α-hetero) is 1. The van der Waals surface area contributed by atoms with Crippen molar-refractivity contribution in [3.63, 3.8) is 0 Å². The number of hydrogen-bond donors (Lipinski definition) is 2. The molecular weight excluding hydrogens is 316 g/mol. The van der Waals surface area contributed by atoms with Crippen LogP contribution in [0.25, 0.3) is 0 Å². The first-order valence-corrected chi connectivity index (χ1v) is 8.06. The van der Waals surface area contributed by atoms with Crippen LogP contribution >= 0.6 is 11.8 Å². The standard InChI is InChI=1S/C15H18N4O3S/c1-10(20)16-8-7-11-3-5-12(6-4-11)13(21)9-23-15-18-17-14(22)19(15)2/h3-6H,7-9H2,1-2H3,(H,16,20)(H,17,22). The molecule has 1 aromatic carbocycles. The molecule has 0 aliphatic heterocycles. The smallest absolute Gasteiger partial charge is 0.343 e. The van der Waals surface area contributed by atoms with Gasteiger partial charge in [0.2, 0.25) is 5.91 Å². The first-order chi connectivity index (χ1) is 11.0. The van der Waals surface area contributed by atoms with Crippen LogP contribution in [0.3, 0.4) is 0 Å². The Labute approximate surface area is 137 Å². The van der Waals surface area contributed by atoms with Gasteiger partial charge in [0.05, 0.1) is 5.75 Å². The average molecular weight is 334 g/mol. The maximum absolute atomic E-state index is 12.1. The Morgan fingerprint density at radius 2 is 2.00 bits per heavy atom. The second-order valence-electron chi connectivity index (χ2n) is 5.01. The van der Waals surface area contributed by atoms with Crippen LogP contribution < -0.4 is 11.0 Å². The molecule has 1 amide bonds. The highest BCUT2D eigenvalue weighted by molar-refractivity contribution is 7.99. The Morgan fingerprint density at radius 1 is 1.30 bits per heavy atom. The van der Waals surface area contributed by atoms with Gasteiger partial charge in [0, 0.05) is 26.1 Å². The number of carbonyl (C=O) groups is 2. The number of amides is 1. The molecule has 0 aliphatic carbocycles. The highest BCUT2D eigenvalue weighted by Gasteiger charge is 2.10. The summed E-state index contributed by atoms with van der Waals surface area (Å²) in [5.41, 5.74) is 1.36. The van der Waals surface area contributed by atoms with Crippen LogP contribution in [0.2, 0.25) is 0 Å². The first-order valence-electron chi connectivity index (χ1n) is 7.08. The minimum absolute atomic E-state index is 0.0288. The van der Waals surface area contributed by atoms with E-state index in [-0.39, 0.29) is 23.1 Å². The molecule has 0 radical (unpaired) electrons. The van der Waals surface area contributed by atoms with Gasteiger partial charge in [0.1, 0.15) is 0 Å². The van der Waals surface area contributed by atoms with Crippen molar-refractivity contribution in [3.8, 4) is 0 Å². The molecule has 2 aromatic rings. The molecular formula is C15H18N4O3S. The minimum atomic E-state index is -0.302. The number of nitrogens with zero attached hydrogens (tertiary/aromatic N) is 2. The summed E-state index contributed by atoms with van der Waals surface area (Å²) in [6, 6.07) is 7.30. The lowest BCUT2D eigenvalue weighted by Crippen LogP contribution is -2.22. The second kappa shape index (κ2) is 7.77. The molecule has 0 unspecified atom stereocenters. The van der Waals surface area contributed by atoms with Crippen molar-refractivity contribution in [2.75, 3.05) is 12.3 Å². The van der Waals surface area contributed by atoms with E-state index in [1.807, 2.05) is 12.1 Å². The number of benzene rings is 1. The predicted octanol–water partition coefficient (Wildman–Crippen LogP) is 0.762. The summed E-state index contributed by atoms with van der Waals surface area (Å²) >= 11 is 1.22. The number of rotatable bonds is 7. The number of thioether (sulfide) groups is 1. The van der Waals surface area contributed by atoms with Gasteiger partial charge < -0.3 is 5.32 Å². The molecule has 2 N–H and O–H groups in total. The Hall–Kier alpha value is -2.35. The van der Waals surface area contributed by atoms with Gasteiger partial charge >= 0.3 is 5.69 Å². The summed E-state index contributed by atoms with van der Waals surface area (Å²) in [4.78, 5) is 34.2. The fourth-order valence-electron chi connectivity index (χ4n) is 1.92. The van der Waals surface area contributed by atoms with Crippen molar-refractivity contribution < 1.29 is 9.59 Å². The van der Waals surface area contributed by atoms with Crippen LogP contribution in [-0.4, -0.2) is 38.8 Å². The Balaban J connectivity index is 1.88. The summed E-state index contributed by atoms with van der Waals surface area (Å²) in [7, 11) is 1.60. The van der Waals surface area contributed by atoms with E-state index in [9.17, 15) is 14.4 Å². The van der Waals surface area contributed by atoms with Crippen molar-refractivity contribution in [2.45, 2.75) is 18.5 Å². The molecule has 1 aromatic heterocycles. The van der Waals surface area contributed by atoms with Crippen molar-refractivity contribution >= 4 is 23.5 Å². The zero-order valence-corrected chi connectivity index (χ0v) is 13.8. The van der Waals surface area contributed by atoms with Gasteiger partial charge in [-0.15, -0.1) is 5.10 Å². The minimum Gasteiger partial charge on any atom is -0.356 e. The van der Waals surface area contributed by atoms with Crippen LogP contribution in [-0.2, 0) is 18.3 Å². The summed E-state index contributed by atoms with van der Waals surface area (Å²) in [5, 5.41) is 9.39. The van der Waals surface area contributed by atoms with Crippen molar-refractivity contribution in [2.24, 2.45) is 7.05 Å². The highest BCUT2D eigenvalue weighted by Crippen LogP contribution is 2.15. The van der Waals surface area contributed by atoms with Crippen molar-refractivity contribution in [1.82, 2.24) is 20.1 Å². The molecule has 0 saturated heterocycles. The molecule has 0 fully saturated rings. The normalized spacial score (nSPS) is 10.5. The van der Waals surface area contributed by atoms with E-state index in [0.717, 1.165) is 12.0 Å². The molecule has 122 valence electrons. The molecule has 0 bridgehead atoms. The lowest BCUT2D eigenvalue weighted by atomic mass is 10.1. The van der Waals surface area contributed by atoms with Crippen molar-refractivity contribution in [1.29, 1.82) is 0 Å². The Kier molecular flexibility index (Phi) is 5.75. The van der Waals surface area contributed by atoms with Gasteiger partial charge in [-0.2, -0.15) is 0 Å². The van der Waals surface area contributed by atoms with Crippen LogP contribution in [0, 0.1) is 0 Å². The van der Waals surface area contributed by atoms with Gasteiger partial charge in [-0.25, -0.2) is 9.89 Å². The van der Waals surface area contributed by atoms with E-state index in [1.54, 1.807) is 19.2 Å². The SMILES string of the molecule is CC(=O)NCCc1ccc(C(=O)CSc2n[nH]c(=O)n2C)cc1. The van der Waals surface area contributed by atoms with Gasteiger partial charge in [-0.1, -0.05) is 36.0 Å². The fourth-order valence-corrected chi connectivity index (χ4v) is 2.73. The van der Waals surface area contributed by atoms with E-state index in [0.29, 0.717) is 17.3 Å². The zero-order valence-electron chi connectivity index (χ0n) is 13.0. The number of ketones is 1. The first kappa shape index (κ1) is 17.0. The van der Waals surface area contributed by atoms with E-state index in [4.69, 9.17) is 0 Å². The maximum Gasteiger partial charge on any atom is 0.343 e. The lowest BCUT2D eigenvalue weighted by molar-refractivity contribution is -0.118. The highest BCUT2D eigenvalue weighted by atomic mass is 32.2. The van der Waals surface area contributed by atoms with Gasteiger partial charge in [0.15, 0.2) is 10.9 Å². The third-order valence-electron chi connectivity index (χ3n) is 3.23. The summed E-state index contributed by atoms with van der Waals surface area (Å²) in [6.07, 6.45) is 0.720. The van der Waals surface area contributed by atoms with Crippen LogP contribution in [0.4, 0.5) is 0 Å². The molecule has 23 heavy (non-hydrogen) atoms. The summed E-state index contributed by atoms with van der Waals surface area (Å²) in [5.74, 6) is 0.129. The molecule has 1 heterocycles. The predicted molar refractivity (Wildman–Crippen MR) is 87.7 cm³/mol. The number of aromatic amines is 1. The average Bonchev–Trinajstić information content (AvgIpc) is 2.84. The number of carbonyl (C=O) groups excluding carboxylic acids is 2. The number of H-pyrrole nitrogens is 1. The lowest BCUT2D eigenvalue weighted by Gasteiger charge is -2.04. The third-order valence-corrected chi connectivity index (χ3v) is 4.26. The molecule has 7 nitrogen and oxygen atoms in total. The summed E-state index contributed by atoms with van der Waals surface area (Å²) in [6.45, 7) is 2.06. The van der Waals surface area contributed by atoms with Gasteiger partial charge in [-0.05, 0) is 12.0 Å². The maximum atomic E-state index is 12.1. The zero-order chi connectivity index (χ0) is 16.8. The number of hydrogen-bond acceptors (Lipinski definition) is 5. The largest absolute Gasteiger partial charge is 0.356 e. The van der Waals surface area contributed by atoms with Crippen LogP contribution in [0.15, 0.2) is 34.2 Å². The third kappa shape index (κ3) is 4.82. The number of nitrogens with one attached hydrogen (secondary N) is 2. The second-order valence-corrected chi connectivity index (χ2v) is 5.95.